The summed E-state index contributed by atoms with van der Waals surface area (Å²) in [7, 11) is 0. The van der Waals surface area contributed by atoms with Crippen molar-refractivity contribution < 1.29 is 9.47 Å². The Kier molecular flexibility index (Phi) is 4.74. The molecule has 0 aromatic rings. The fourth-order valence-electron chi connectivity index (χ4n) is 1.78. The smallest absolute Gasteiger partial charge is 0.160 e. The minimum absolute atomic E-state index is 0.0755. The van der Waals surface area contributed by atoms with Crippen LogP contribution in [0, 0.1) is 5.92 Å². The first-order valence-electron chi connectivity index (χ1n) is 5.55. The van der Waals surface area contributed by atoms with Gasteiger partial charge in [-0.3, -0.25) is 0 Å². The summed E-state index contributed by atoms with van der Waals surface area (Å²) in [5.41, 5.74) is 0. The first kappa shape index (κ1) is 11.0. The van der Waals surface area contributed by atoms with Crippen molar-refractivity contribution in [1.29, 1.82) is 0 Å². The molecule has 0 unspecified atom stereocenters. The summed E-state index contributed by atoms with van der Waals surface area (Å²) < 4.78 is 11.3. The van der Waals surface area contributed by atoms with Gasteiger partial charge >= 0.3 is 0 Å². The third-order valence-electron chi connectivity index (χ3n) is 2.70. The van der Waals surface area contributed by atoms with E-state index in [0.29, 0.717) is 12.0 Å². The minimum Gasteiger partial charge on any atom is -0.350 e. The highest BCUT2D eigenvalue weighted by Crippen LogP contribution is 2.25. The van der Waals surface area contributed by atoms with Crippen molar-refractivity contribution in [3.8, 4) is 0 Å². The van der Waals surface area contributed by atoms with Crippen LogP contribution in [0.25, 0.3) is 0 Å². The third kappa shape index (κ3) is 3.28. The van der Waals surface area contributed by atoms with Crippen LogP contribution < -0.4 is 0 Å². The molecule has 0 amide bonds. The molecule has 78 valence electrons. The molecule has 13 heavy (non-hydrogen) atoms. The largest absolute Gasteiger partial charge is 0.350 e. The summed E-state index contributed by atoms with van der Waals surface area (Å²) in [5.74, 6) is 0.602. The Morgan fingerprint density at radius 2 is 2.15 bits per heavy atom. The van der Waals surface area contributed by atoms with Crippen LogP contribution in [0.4, 0.5) is 0 Å². The van der Waals surface area contributed by atoms with Gasteiger partial charge in [-0.05, 0) is 19.8 Å². The molecule has 0 aromatic heterocycles. The monoisotopic (exact) mass is 186 g/mol. The number of hydrogen-bond acceptors (Lipinski definition) is 2. The molecule has 1 aliphatic rings. The van der Waals surface area contributed by atoms with Crippen LogP contribution >= 0.6 is 0 Å². The average Bonchev–Trinajstić information content (AvgIpc) is 2.54. The van der Waals surface area contributed by atoms with Crippen molar-refractivity contribution in [2.24, 2.45) is 5.92 Å². The molecule has 3 atom stereocenters. The zero-order chi connectivity index (χ0) is 9.68. The number of hydrogen-bond donors (Lipinski definition) is 0. The van der Waals surface area contributed by atoms with Crippen LogP contribution in [0.3, 0.4) is 0 Å². The number of unbranched alkanes of at least 4 members (excludes halogenated alkanes) is 1. The maximum Gasteiger partial charge on any atom is 0.160 e. The molecule has 0 aromatic carbocycles. The van der Waals surface area contributed by atoms with Gasteiger partial charge < -0.3 is 9.47 Å². The lowest BCUT2D eigenvalue weighted by atomic mass is 9.99. The van der Waals surface area contributed by atoms with E-state index in [0.717, 1.165) is 13.0 Å². The van der Waals surface area contributed by atoms with Crippen molar-refractivity contribution in [3.63, 3.8) is 0 Å². The molecular formula is C11H22O2. The Balaban J connectivity index is 2.29. The molecule has 0 aliphatic carbocycles. The van der Waals surface area contributed by atoms with Crippen LogP contribution in [0.1, 0.15) is 46.5 Å². The lowest BCUT2D eigenvalue weighted by Crippen LogP contribution is -2.21. The van der Waals surface area contributed by atoms with Crippen LogP contribution in [0.5, 0.6) is 0 Å². The Morgan fingerprint density at radius 3 is 2.62 bits per heavy atom. The number of ether oxygens (including phenoxy) is 2. The second kappa shape index (κ2) is 5.61. The quantitative estimate of drug-likeness (QED) is 0.657. The molecule has 1 heterocycles. The molecule has 1 rings (SSSR count). The van der Waals surface area contributed by atoms with Gasteiger partial charge in [0, 0.05) is 5.92 Å². The average molecular weight is 186 g/mol. The summed E-state index contributed by atoms with van der Waals surface area (Å²) in [4.78, 5) is 0. The molecule has 0 radical (unpaired) electrons. The first-order valence-corrected chi connectivity index (χ1v) is 5.55. The molecule has 0 N–H and O–H groups in total. The molecule has 0 saturated carbocycles. The zero-order valence-corrected chi connectivity index (χ0v) is 9.08. The van der Waals surface area contributed by atoms with Gasteiger partial charge in [-0.15, -0.1) is 0 Å². The van der Waals surface area contributed by atoms with Gasteiger partial charge in [0.1, 0.15) is 0 Å². The molecule has 2 heteroatoms. The second-order valence-corrected chi connectivity index (χ2v) is 3.96. The molecular weight excluding hydrogens is 164 g/mol. The maximum absolute atomic E-state index is 5.69. The molecule has 1 fully saturated rings. The summed E-state index contributed by atoms with van der Waals surface area (Å²) in [6.45, 7) is 7.29. The molecule has 0 spiro atoms. The lowest BCUT2D eigenvalue weighted by Gasteiger charge is -2.20. The van der Waals surface area contributed by atoms with Crippen LogP contribution in [-0.2, 0) is 9.47 Å². The highest BCUT2D eigenvalue weighted by Gasteiger charge is 2.28. The van der Waals surface area contributed by atoms with Crippen LogP contribution in [0.15, 0.2) is 0 Å². The van der Waals surface area contributed by atoms with Crippen molar-refractivity contribution >= 4 is 0 Å². The van der Waals surface area contributed by atoms with Gasteiger partial charge in [0.25, 0.3) is 0 Å². The van der Waals surface area contributed by atoms with Crippen molar-refractivity contribution in [3.05, 3.63) is 0 Å². The SMILES string of the molecule is CCCC[C@H](CC)[C@@H]1OC[C@@H](C)O1. The van der Waals surface area contributed by atoms with Crippen LogP contribution in [-0.4, -0.2) is 19.0 Å². The summed E-state index contributed by atoms with van der Waals surface area (Å²) in [5, 5.41) is 0. The van der Waals surface area contributed by atoms with Gasteiger partial charge in [0.15, 0.2) is 6.29 Å². The van der Waals surface area contributed by atoms with Crippen LogP contribution in [0.2, 0.25) is 0 Å². The zero-order valence-electron chi connectivity index (χ0n) is 9.08. The number of rotatable bonds is 5. The maximum atomic E-state index is 5.69. The summed E-state index contributed by atoms with van der Waals surface area (Å²) in [6.07, 6.45) is 5.32. The minimum atomic E-state index is 0.0755. The first-order chi connectivity index (χ1) is 6.27. The summed E-state index contributed by atoms with van der Waals surface area (Å²) >= 11 is 0. The fourth-order valence-corrected chi connectivity index (χ4v) is 1.78. The summed E-state index contributed by atoms with van der Waals surface area (Å²) in [6, 6.07) is 0. The highest BCUT2D eigenvalue weighted by atomic mass is 16.7. The van der Waals surface area contributed by atoms with E-state index in [-0.39, 0.29) is 6.29 Å². The van der Waals surface area contributed by atoms with Gasteiger partial charge in [-0.1, -0.05) is 26.7 Å². The Hall–Kier alpha value is -0.0800. The highest BCUT2D eigenvalue weighted by molar-refractivity contribution is 4.68. The molecule has 1 saturated heterocycles. The fraction of sp³-hybridized carbons (Fsp3) is 1.00. The molecule has 0 bridgehead atoms. The predicted octanol–water partition coefficient (Wildman–Crippen LogP) is 2.96. The third-order valence-corrected chi connectivity index (χ3v) is 2.70. The van der Waals surface area contributed by atoms with Crippen molar-refractivity contribution in [2.45, 2.75) is 58.8 Å². The van der Waals surface area contributed by atoms with E-state index in [2.05, 4.69) is 20.8 Å². The van der Waals surface area contributed by atoms with Gasteiger partial charge in [-0.25, -0.2) is 0 Å². The lowest BCUT2D eigenvalue weighted by molar-refractivity contribution is -0.0973. The van der Waals surface area contributed by atoms with Gasteiger partial charge in [0.2, 0.25) is 0 Å². The normalized spacial score (nSPS) is 30.7. The van der Waals surface area contributed by atoms with Gasteiger partial charge in [0.05, 0.1) is 12.7 Å². The van der Waals surface area contributed by atoms with E-state index in [1.807, 2.05) is 0 Å². The van der Waals surface area contributed by atoms with E-state index >= 15 is 0 Å². The topological polar surface area (TPSA) is 18.5 Å². The van der Waals surface area contributed by atoms with E-state index in [4.69, 9.17) is 9.47 Å². The second-order valence-electron chi connectivity index (χ2n) is 3.96. The van der Waals surface area contributed by atoms with Gasteiger partial charge in [-0.2, -0.15) is 0 Å². The predicted molar refractivity (Wildman–Crippen MR) is 53.6 cm³/mol. The van der Waals surface area contributed by atoms with Crippen molar-refractivity contribution in [2.75, 3.05) is 6.61 Å². The standard InChI is InChI=1S/C11H22O2/c1-4-6-7-10(5-2)11-12-8-9(3)13-11/h9-11H,4-8H2,1-3H3/t9-,10+,11-/m1/s1. The molecule has 2 nitrogen and oxygen atoms in total. The van der Waals surface area contributed by atoms with E-state index in [1.165, 1.54) is 19.3 Å². The Bertz CT molecular complexity index is 136. The Morgan fingerprint density at radius 1 is 1.38 bits per heavy atom. The van der Waals surface area contributed by atoms with E-state index < -0.39 is 0 Å². The van der Waals surface area contributed by atoms with E-state index in [1.54, 1.807) is 0 Å². The Labute approximate surface area is 81.6 Å². The molecule has 1 aliphatic heterocycles. The van der Waals surface area contributed by atoms with Crippen molar-refractivity contribution in [1.82, 2.24) is 0 Å². The van der Waals surface area contributed by atoms with E-state index in [9.17, 15) is 0 Å².